The molecule has 0 unspecified atom stereocenters. The van der Waals surface area contributed by atoms with E-state index >= 15 is 0 Å². The van der Waals surface area contributed by atoms with Gasteiger partial charge in [-0.2, -0.15) is 10.2 Å². The maximum atomic E-state index is 6.35. The highest BCUT2D eigenvalue weighted by atomic mass is 35.5. The minimum Gasteiger partial charge on any atom is -0.383 e. The first-order valence-electron chi connectivity index (χ1n) is 7.07. The van der Waals surface area contributed by atoms with E-state index in [9.17, 15) is 0 Å². The second-order valence-corrected chi connectivity index (χ2v) is 5.28. The largest absolute Gasteiger partial charge is 0.383 e. The number of halogens is 1. The van der Waals surface area contributed by atoms with Crippen molar-refractivity contribution in [2.24, 2.45) is 7.05 Å². The van der Waals surface area contributed by atoms with Gasteiger partial charge in [0.2, 0.25) is 0 Å². The zero-order valence-corrected chi connectivity index (χ0v) is 13.5. The first-order valence-corrected chi connectivity index (χ1v) is 7.44. The molecule has 0 amide bonds. The summed E-state index contributed by atoms with van der Waals surface area (Å²) in [6.07, 6.45) is 4.72. The lowest BCUT2D eigenvalue weighted by Gasteiger charge is -2.03. The smallest absolute Gasteiger partial charge is 0.0869 e. The van der Waals surface area contributed by atoms with E-state index in [1.54, 1.807) is 7.11 Å². The van der Waals surface area contributed by atoms with Crippen molar-refractivity contribution >= 4 is 11.6 Å². The maximum Gasteiger partial charge on any atom is 0.0869 e. The molecule has 0 aliphatic heterocycles. The third-order valence-electron chi connectivity index (χ3n) is 3.31. The van der Waals surface area contributed by atoms with Crippen LogP contribution in [0.2, 0.25) is 5.02 Å². The number of nitrogens with one attached hydrogen (secondary N) is 1. The number of hydrogen-bond acceptors (Lipinski definition) is 4. The topological polar surface area (TPSA) is 56.9 Å². The number of aryl methyl sites for hydroxylation is 2. The standard InChI is InChI=1S/C14H22ClN5O/c1-4-12-14(15)13(19(2)18-12)10-20-9-11(8-17-20)7-16-5-6-21-3/h8-9,16H,4-7,10H2,1-3H3. The molecule has 0 aliphatic rings. The van der Waals surface area contributed by atoms with Crippen LogP contribution in [-0.2, 0) is 31.3 Å². The Morgan fingerprint density at radius 1 is 1.43 bits per heavy atom. The molecule has 0 saturated carbocycles. The molecular weight excluding hydrogens is 290 g/mol. The van der Waals surface area contributed by atoms with Gasteiger partial charge in [0.15, 0.2) is 0 Å². The van der Waals surface area contributed by atoms with Crippen LogP contribution in [0.5, 0.6) is 0 Å². The Kier molecular flexibility index (Phi) is 5.78. The molecule has 21 heavy (non-hydrogen) atoms. The molecule has 6 nitrogen and oxygen atoms in total. The lowest BCUT2D eigenvalue weighted by Crippen LogP contribution is -2.18. The molecule has 0 spiro atoms. The lowest BCUT2D eigenvalue weighted by molar-refractivity contribution is 0.199. The summed E-state index contributed by atoms with van der Waals surface area (Å²) < 4.78 is 8.71. The Bertz CT molecular complexity index is 578. The molecule has 7 heteroatoms. The van der Waals surface area contributed by atoms with Gasteiger partial charge in [-0.3, -0.25) is 9.36 Å². The van der Waals surface area contributed by atoms with Crippen molar-refractivity contribution in [3.05, 3.63) is 34.4 Å². The van der Waals surface area contributed by atoms with E-state index in [0.29, 0.717) is 13.2 Å². The fourth-order valence-corrected chi connectivity index (χ4v) is 2.49. The predicted octanol–water partition coefficient (Wildman–Crippen LogP) is 1.62. The summed E-state index contributed by atoms with van der Waals surface area (Å²) >= 11 is 6.35. The van der Waals surface area contributed by atoms with Crippen molar-refractivity contribution in [3.8, 4) is 0 Å². The Morgan fingerprint density at radius 2 is 2.24 bits per heavy atom. The number of rotatable bonds is 8. The highest BCUT2D eigenvalue weighted by Crippen LogP contribution is 2.21. The quantitative estimate of drug-likeness (QED) is 0.753. The summed E-state index contributed by atoms with van der Waals surface area (Å²) in [4.78, 5) is 0. The van der Waals surface area contributed by atoms with E-state index in [2.05, 4.69) is 22.4 Å². The summed E-state index contributed by atoms with van der Waals surface area (Å²) in [7, 11) is 3.61. The molecular formula is C14H22ClN5O. The van der Waals surface area contributed by atoms with E-state index in [4.69, 9.17) is 16.3 Å². The van der Waals surface area contributed by atoms with Gasteiger partial charge < -0.3 is 10.1 Å². The van der Waals surface area contributed by atoms with Crippen molar-refractivity contribution in [3.63, 3.8) is 0 Å². The Labute approximate surface area is 130 Å². The van der Waals surface area contributed by atoms with Crippen LogP contribution in [0.3, 0.4) is 0 Å². The van der Waals surface area contributed by atoms with Crippen LogP contribution in [0.1, 0.15) is 23.9 Å². The number of nitrogens with zero attached hydrogens (tertiary/aromatic N) is 4. The summed E-state index contributed by atoms with van der Waals surface area (Å²) in [6, 6.07) is 0. The zero-order chi connectivity index (χ0) is 15.2. The van der Waals surface area contributed by atoms with Gasteiger partial charge in [0.1, 0.15) is 0 Å². The zero-order valence-electron chi connectivity index (χ0n) is 12.8. The van der Waals surface area contributed by atoms with Gasteiger partial charge in [0, 0.05) is 39.0 Å². The molecule has 0 bridgehead atoms. The van der Waals surface area contributed by atoms with Crippen LogP contribution < -0.4 is 5.32 Å². The van der Waals surface area contributed by atoms with E-state index in [1.165, 1.54) is 0 Å². The molecule has 0 fully saturated rings. The molecule has 2 heterocycles. The number of hydrogen-bond donors (Lipinski definition) is 1. The summed E-state index contributed by atoms with van der Waals surface area (Å²) in [6.45, 7) is 4.99. The first kappa shape index (κ1) is 16.0. The van der Waals surface area contributed by atoms with Crippen LogP contribution in [0.15, 0.2) is 12.4 Å². The van der Waals surface area contributed by atoms with Gasteiger partial charge in [-0.1, -0.05) is 18.5 Å². The molecule has 0 saturated heterocycles. The predicted molar refractivity (Wildman–Crippen MR) is 82.5 cm³/mol. The molecule has 0 aromatic carbocycles. The third-order valence-corrected chi connectivity index (χ3v) is 3.75. The van der Waals surface area contributed by atoms with Gasteiger partial charge in [-0.15, -0.1) is 0 Å². The average Bonchev–Trinajstić information content (AvgIpc) is 3.03. The van der Waals surface area contributed by atoms with Crippen LogP contribution in [0, 0.1) is 0 Å². The van der Waals surface area contributed by atoms with Gasteiger partial charge in [0.25, 0.3) is 0 Å². The van der Waals surface area contributed by atoms with Crippen LogP contribution in [0.25, 0.3) is 0 Å². The first-order chi connectivity index (χ1) is 10.2. The summed E-state index contributed by atoms with van der Waals surface area (Å²) in [5.74, 6) is 0. The molecule has 0 radical (unpaired) electrons. The Balaban J connectivity index is 1.98. The van der Waals surface area contributed by atoms with Gasteiger partial charge in [0.05, 0.1) is 35.8 Å². The van der Waals surface area contributed by atoms with Crippen molar-refractivity contribution < 1.29 is 4.74 Å². The van der Waals surface area contributed by atoms with Gasteiger partial charge in [-0.05, 0) is 6.42 Å². The van der Waals surface area contributed by atoms with Crippen LogP contribution in [-0.4, -0.2) is 39.8 Å². The molecule has 2 aromatic rings. The van der Waals surface area contributed by atoms with Crippen molar-refractivity contribution in [2.75, 3.05) is 20.3 Å². The number of ether oxygens (including phenoxy) is 1. The molecule has 0 atom stereocenters. The maximum absolute atomic E-state index is 6.35. The van der Waals surface area contributed by atoms with E-state index in [0.717, 1.165) is 41.5 Å². The van der Waals surface area contributed by atoms with Crippen LogP contribution >= 0.6 is 11.6 Å². The lowest BCUT2D eigenvalue weighted by atomic mass is 10.3. The van der Waals surface area contributed by atoms with Crippen molar-refractivity contribution in [1.82, 2.24) is 24.9 Å². The second kappa shape index (κ2) is 7.59. The van der Waals surface area contributed by atoms with Crippen LogP contribution in [0.4, 0.5) is 0 Å². The molecule has 1 N–H and O–H groups in total. The number of methoxy groups -OCH3 is 1. The average molecular weight is 312 g/mol. The molecule has 0 aliphatic carbocycles. The molecule has 116 valence electrons. The monoisotopic (exact) mass is 311 g/mol. The fourth-order valence-electron chi connectivity index (χ4n) is 2.14. The highest BCUT2D eigenvalue weighted by molar-refractivity contribution is 6.31. The fraction of sp³-hybridized carbons (Fsp3) is 0.571. The molecule has 2 aromatic heterocycles. The SMILES string of the molecule is CCc1nn(C)c(Cn2cc(CNCCOC)cn2)c1Cl. The van der Waals surface area contributed by atoms with Gasteiger partial charge >= 0.3 is 0 Å². The highest BCUT2D eigenvalue weighted by Gasteiger charge is 2.13. The summed E-state index contributed by atoms with van der Waals surface area (Å²) in [5.41, 5.74) is 3.05. The minimum atomic E-state index is 0.625. The minimum absolute atomic E-state index is 0.625. The van der Waals surface area contributed by atoms with Gasteiger partial charge in [-0.25, -0.2) is 0 Å². The van der Waals surface area contributed by atoms with Crippen molar-refractivity contribution in [2.45, 2.75) is 26.4 Å². The molecule has 2 rings (SSSR count). The van der Waals surface area contributed by atoms with E-state index < -0.39 is 0 Å². The number of aromatic nitrogens is 4. The normalized spacial score (nSPS) is 11.2. The van der Waals surface area contributed by atoms with E-state index in [1.807, 2.05) is 28.8 Å². The van der Waals surface area contributed by atoms with Crippen molar-refractivity contribution in [1.29, 1.82) is 0 Å². The Hall–Kier alpha value is -1.37. The van der Waals surface area contributed by atoms with E-state index in [-0.39, 0.29) is 0 Å². The summed E-state index contributed by atoms with van der Waals surface area (Å²) in [5, 5.41) is 12.8. The Morgan fingerprint density at radius 3 is 2.90 bits per heavy atom. The second-order valence-electron chi connectivity index (χ2n) is 4.90. The third kappa shape index (κ3) is 4.06.